The van der Waals surface area contributed by atoms with Gasteiger partial charge in [-0.3, -0.25) is 4.79 Å². The second-order valence-electron chi connectivity index (χ2n) is 4.46. The van der Waals surface area contributed by atoms with Crippen molar-refractivity contribution in [1.29, 1.82) is 0 Å². The van der Waals surface area contributed by atoms with Crippen LogP contribution in [0.4, 0.5) is 0 Å². The third-order valence-electron chi connectivity index (χ3n) is 3.00. The first-order valence-corrected chi connectivity index (χ1v) is 6.59. The number of hydrogen-bond acceptors (Lipinski definition) is 2. The lowest BCUT2D eigenvalue weighted by Crippen LogP contribution is -2.04. The van der Waals surface area contributed by atoms with E-state index in [0.29, 0.717) is 22.9 Å². The molecular formula is C16H12ClNO2. The van der Waals surface area contributed by atoms with Gasteiger partial charge in [0.2, 0.25) is 5.56 Å². The highest BCUT2D eigenvalue weighted by atomic mass is 35.5. The molecule has 0 aliphatic rings. The number of hydrogen-bond donors (Lipinski definition) is 1. The quantitative estimate of drug-likeness (QED) is 0.796. The molecule has 0 saturated carbocycles. The summed E-state index contributed by atoms with van der Waals surface area (Å²) in [5.74, 6) is 0.653. The van der Waals surface area contributed by atoms with Gasteiger partial charge in [-0.25, -0.2) is 0 Å². The van der Waals surface area contributed by atoms with Crippen LogP contribution >= 0.6 is 11.6 Å². The summed E-state index contributed by atoms with van der Waals surface area (Å²) in [4.78, 5) is 14.2. The first kappa shape index (κ1) is 12.8. The molecule has 3 nitrogen and oxygen atoms in total. The monoisotopic (exact) mass is 285 g/mol. The van der Waals surface area contributed by atoms with Crippen LogP contribution in [-0.4, -0.2) is 4.98 Å². The van der Waals surface area contributed by atoms with Gasteiger partial charge in [0.15, 0.2) is 0 Å². The zero-order chi connectivity index (χ0) is 13.9. The van der Waals surface area contributed by atoms with Gasteiger partial charge in [-0.2, -0.15) is 0 Å². The Morgan fingerprint density at radius 3 is 2.75 bits per heavy atom. The third-order valence-corrected chi connectivity index (χ3v) is 3.24. The van der Waals surface area contributed by atoms with E-state index in [1.807, 2.05) is 42.5 Å². The molecule has 0 saturated heterocycles. The van der Waals surface area contributed by atoms with Gasteiger partial charge in [0.25, 0.3) is 0 Å². The predicted octanol–water partition coefficient (Wildman–Crippen LogP) is 3.76. The smallest absolute Gasteiger partial charge is 0.248 e. The van der Waals surface area contributed by atoms with Gasteiger partial charge in [-0.05, 0) is 29.8 Å². The fourth-order valence-corrected chi connectivity index (χ4v) is 2.27. The molecule has 0 radical (unpaired) electrons. The lowest BCUT2D eigenvalue weighted by Gasteiger charge is -2.09. The van der Waals surface area contributed by atoms with Crippen LogP contribution in [0.3, 0.4) is 0 Å². The fraction of sp³-hybridized carbons (Fsp3) is 0.0625. The molecule has 0 spiro atoms. The number of fused-ring (bicyclic) bond motifs is 1. The van der Waals surface area contributed by atoms with E-state index in [2.05, 4.69) is 4.98 Å². The Balaban J connectivity index is 1.91. The van der Waals surface area contributed by atoms with Crippen molar-refractivity contribution in [1.82, 2.24) is 4.98 Å². The van der Waals surface area contributed by atoms with Crippen LogP contribution in [0.15, 0.2) is 59.4 Å². The van der Waals surface area contributed by atoms with E-state index in [0.717, 1.165) is 10.9 Å². The van der Waals surface area contributed by atoms with Gasteiger partial charge in [-0.1, -0.05) is 35.9 Å². The lowest BCUT2D eigenvalue weighted by atomic mass is 10.2. The highest BCUT2D eigenvalue weighted by Crippen LogP contribution is 2.23. The summed E-state index contributed by atoms with van der Waals surface area (Å²) < 4.78 is 5.79. The Kier molecular flexibility index (Phi) is 3.44. The molecule has 4 heteroatoms. The van der Waals surface area contributed by atoms with E-state index in [1.165, 1.54) is 6.07 Å². The minimum atomic E-state index is -0.142. The number of halogens is 1. The molecule has 3 rings (SSSR count). The largest absolute Gasteiger partial charge is 0.487 e. The summed E-state index contributed by atoms with van der Waals surface area (Å²) in [7, 11) is 0. The molecule has 0 bridgehead atoms. The van der Waals surface area contributed by atoms with Crippen molar-refractivity contribution in [3.8, 4) is 5.75 Å². The summed E-state index contributed by atoms with van der Waals surface area (Å²) in [6.45, 7) is 0.399. The molecule has 100 valence electrons. The van der Waals surface area contributed by atoms with Crippen molar-refractivity contribution in [2.75, 3.05) is 0 Å². The molecular weight excluding hydrogens is 274 g/mol. The van der Waals surface area contributed by atoms with Crippen LogP contribution in [0.25, 0.3) is 10.9 Å². The van der Waals surface area contributed by atoms with Crippen LogP contribution < -0.4 is 10.3 Å². The molecule has 20 heavy (non-hydrogen) atoms. The van der Waals surface area contributed by atoms with Crippen LogP contribution in [-0.2, 0) is 6.61 Å². The van der Waals surface area contributed by atoms with Crippen molar-refractivity contribution >= 4 is 22.5 Å². The average molecular weight is 286 g/mol. The van der Waals surface area contributed by atoms with Gasteiger partial charge in [-0.15, -0.1) is 0 Å². The maximum absolute atomic E-state index is 11.4. The number of aromatic amines is 1. The van der Waals surface area contributed by atoms with E-state index in [9.17, 15) is 4.79 Å². The van der Waals surface area contributed by atoms with Gasteiger partial charge in [0.1, 0.15) is 12.4 Å². The predicted molar refractivity (Wildman–Crippen MR) is 80.4 cm³/mol. The molecule has 3 aromatic rings. The zero-order valence-corrected chi connectivity index (χ0v) is 11.4. The second kappa shape index (κ2) is 5.39. The molecule has 0 fully saturated rings. The summed E-state index contributed by atoms with van der Waals surface area (Å²) in [5.41, 5.74) is 1.55. The maximum atomic E-state index is 11.4. The van der Waals surface area contributed by atoms with E-state index in [4.69, 9.17) is 16.3 Å². The summed E-state index contributed by atoms with van der Waals surface area (Å²) in [6, 6.07) is 16.4. The first-order chi connectivity index (χ1) is 9.72. The minimum Gasteiger partial charge on any atom is -0.487 e. The third kappa shape index (κ3) is 2.68. The number of aromatic nitrogens is 1. The number of para-hydroxylation sites is 1. The number of benzene rings is 2. The Morgan fingerprint density at radius 1 is 1.05 bits per heavy atom. The molecule has 0 aliphatic heterocycles. The highest BCUT2D eigenvalue weighted by Gasteiger charge is 2.03. The Bertz CT molecular complexity index is 811. The maximum Gasteiger partial charge on any atom is 0.248 e. The summed E-state index contributed by atoms with van der Waals surface area (Å²) in [5, 5.41) is 1.62. The molecule has 0 amide bonds. The molecule has 0 aliphatic carbocycles. The van der Waals surface area contributed by atoms with E-state index < -0.39 is 0 Å². The summed E-state index contributed by atoms with van der Waals surface area (Å²) >= 11 is 5.94. The molecule has 1 aromatic heterocycles. The SMILES string of the molecule is O=c1ccc2cccc(OCc3cccc(Cl)c3)c2[nH]1. The number of ether oxygens (including phenoxy) is 1. The number of rotatable bonds is 3. The zero-order valence-electron chi connectivity index (χ0n) is 10.6. The van der Waals surface area contributed by atoms with Crippen molar-refractivity contribution in [3.05, 3.63) is 75.5 Å². The molecule has 1 N–H and O–H groups in total. The van der Waals surface area contributed by atoms with Gasteiger partial charge in [0, 0.05) is 16.5 Å². The molecule has 0 unspecified atom stereocenters. The van der Waals surface area contributed by atoms with E-state index in [1.54, 1.807) is 6.07 Å². The van der Waals surface area contributed by atoms with E-state index in [-0.39, 0.29) is 5.56 Å². The van der Waals surface area contributed by atoms with Crippen LogP contribution in [0.2, 0.25) is 5.02 Å². The van der Waals surface area contributed by atoms with Crippen LogP contribution in [0, 0.1) is 0 Å². The van der Waals surface area contributed by atoms with Gasteiger partial charge in [0.05, 0.1) is 5.52 Å². The van der Waals surface area contributed by atoms with Crippen molar-refractivity contribution in [2.24, 2.45) is 0 Å². The molecule has 1 heterocycles. The molecule has 0 atom stereocenters. The summed E-state index contributed by atoms with van der Waals surface area (Å²) in [6.07, 6.45) is 0. The minimum absolute atomic E-state index is 0.142. The number of H-pyrrole nitrogens is 1. The van der Waals surface area contributed by atoms with Crippen LogP contribution in [0.5, 0.6) is 5.75 Å². The van der Waals surface area contributed by atoms with Crippen LogP contribution in [0.1, 0.15) is 5.56 Å². The Morgan fingerprint density at radius 2 is 1.90 bits per heavy atom. The van der Waals surface area contributed by atoms with Gasteiger partial charge >= 0.3 is 0 Å². The topological polar surface area (TPSA) is 42.1 Å². The number of nitrogens with one attached hydrogen (secondary N) is 1. The average Bonchev–Trinajstić information content (AvgIpc) is 2.45. The Labute approximate surface area is 120 Å². The lowest BCUT2D eigenvalue weighted by molar-refractivity contribution is 0.309. The first-order valence-electron chi connectivity index (χ1n) is 6.22. The normalized spacial score (nSPS) is 10.7. The highest BCUT2D eigenvalue weighted by molar-refractivity contribution is 6.30. The van der Waals surface area contributed by atoms with Crippen molar-refractivity contribution in [3.63, 3.8) is 0 Å². The second-order valence-corrected chi connectivity index (χ2v) is 4.90. The Hall–Kier alpha value is -2.26. The molecule has 2 aromatic carbocycles. The van der Waals surface area contributed by atoms with Crippen molar-refractivity contribution < 1.29 is 4.74 Å². The van der Waals surface area contributed by atoms with Crippen molar-refractivity contribution in [2.45, 2.75) is 6.61 Å². The standard InChI is InChI=1S/C16H12ClNO2/c17-13-5-1-3-11(9-13)10-20-14-6-2-4-12-7-8-15(19)18-16(12)14/h1-9H,10H2,(H,18,19). The van der Waals surface area contributed by atoms with E-state index >= 15 is 0 Å². The van der Waals surface area contributed by atoms with Gasteiger partial charge < -0.3 is 9.72 Å². The number of pyridine rings is 1. The fourth-order valence-electron chi connectivity index (χ4n) is 2.06.